The molecule has 0 heterocycles. The van der Waals surface area contributed by atoms with Crippen LogP contribution in [0, 0.1) is 11.5 Å². The molecule has 2 nitrogen and oxygen atoms in total. The van der Waals surface area contributed by atoms with Crippen molar-refractivity contribution in [2.24, 2.45) is 5.73 Å². The van der Waals surface area contributed by atoms with E-state index < -0.39 is 0 Å². The predicted molar refractivity (Wildman–Crippen MR) is 17.8 cm³/mol. The summed E-state index contributed by atoms with van der Waals surface area (Å²) in [6.45, 7) is 0. The molecular weight excluding hydrogens is 177 g/mol. The van der Waals surface area contributed by atoms with E-state index in [0.29, 0.717) is 0 Å². The molecule has 0 aromatic rings. The second kappa shape index (κ2) is 9.12. The first-order valence-electron chi connectivity index (χ1n) is 0.512. The van der Waals surface area contributed by atoms with Gasteiger partial charge in [0.05, 0.1) is 0 Å². The molecular formula is CH4BaN2. The van der Waals surface area contributed by atoms with E-state index in [9.17, 15) is 0 Å². The van der Waals surface area contributed by atoms with Gasteiger partial charge < -0.3 is 8.59 Å². The monoisotopic (exact) mass is 182 g/mol. The molecule has 0 unspecified atom stereocenters. The minimum Gasteiger partial charge on any atom is -1.00 e. The zero-order valence-corrected chi connectivity index (χ0v) is 6.67. The van der Waals surface area contributed by atoms with E-state index in [2.05, 4.69) is 5.73 Å². The Morgan fingerprint density at radius 2 is 2.00 bits per heavy atom. The van der Waals surface area contributed by atoms with Crippen LogP contribution in [0.5, 0.6) is 0 Å². The minimum atomic E-state index is 0. The summed E-state index contributed by atoms with van der Waals surface area (Å²) in [5, 5.41) is 7.10. The molecule has 0 aromatic heterocycles. The molecule has 0 amide bonds. The summed E-state index contributed by atoms with van der Waals surface area (Å²) in [5.74, 6) is 0. The predicted octanol–water partition coefficient (Wildman–Crippen LogP) is -0.730. The topological polar surface area (TPSA) is 49.8 Å². The molecule has 0 bridgehead atoms. The van der Waals surface area contributed by atoms with Crippen LogP contribution < -0.4 is 5.73 Å². The van der Waals surface area contributed by atoms with E-state index in [1.807, 2.05) is 0 Å². The van der Waals surface area contributed by atoms with Crippen molar-refractivity contribution in [2.45, 2.75) is 0 Å². The normalized spacial score (nSPS) is 1.75. The molecule has 3 heteroatoms. The van der Waals surface area contributed by atoms with Gasteiger partial charge in [-0.05, 0) is 0 Å². The maximum absolute atomic E-state index is 7.10. The molecule has 0 saturated carbocycles. The van der Waals surface area contributed by atoms with Gasteiger partial charge in [0.15, 0.2) is 6.19 Å². The van der Waals surface area contributed by atoms with Gasteiger partial charge in [-0.15, -0.1) is 0 Å². The van der Waals surface area contributed by atoms with E-state index in [-0.39, 0.29) is 51.7 Å². The Hall–Kier alpha value is 0.861. The van der Waals surface area contributed by atoms with Crippen LogP contribution in [0.25, 0.3) is 0 Å². The van der Waals surface area contributed by atoms with Gasteiger partial charge in [0, 0.05) is 0 Å². The van der Waals surface area contributed by atoms with Crippen molar-refractivity contribution in [3.8, 4) is 6.19 Å². The number of nitrogens with zero attached hydrogens (tertiary/aromatic N) is 1. The SMILES string of the molecule is N#CN.[Ba+2].[H-].[H-]. The Balaban J connectivity index is -0.00000000667. The minimum absolute atomic E-state index is 0. The van der Waals surface area contributed by atoms with E-state index >= 15 is 0 Å². The summed E-state index contributed by atoms with van der Waals surface area (Å²) >= 11 is 0. The summed E-state index contributed by atoms with van der Waals surface area (Å²) in [7, 11) is 0. The first-order chi connectivity index (χ1) is 1.41. The molecule has 0 aliphatic carbocycles. The van der Waals surface area contributed by atoms with Crippen LogP contribution in [0.3, 0.4) is 0 Å². The van der Waals surface area contributed by atoms with Crippen LogP contribution in [0.4, 0.5) is 0 Å². The average molecular weight is 181 g/mol. The van der Waals surface area contributed by atoms with Gasteiger partial charge in [0.2, 0.25) is 0 Å². The van der Waals surface area contributed by atoms with Crippen molar-refractivity contribution in [3.05, 3.63) is 0 Å². The first kappa shape index (κ1) is 8.85. The quantitative estimate of drug-likeness (QED) is 0.304. The van der Waals surface area contributed by atoms with Crippen molar-refractivity contribution < 1.29 is 2.85 Å². The molecule has 2 N–H and O–H groups in total. The fourth-order valence-corrected chi connectivity index (χ4v) is 0. The Kier molecular flexibility index (Phi) is 20.2. The Morgan fingerprint density at radius 1 is 2.00 bits per heavy atom. The van der Waals surface area contributed by atoms with Crippen LogP contribution >= 0.6 is 0 Å². The number of nitriles is 1. The maximum atomic E-state index is 7.10. The molecule has 0 saturated heterocycles. The van der Waals surface area contributed by atoms with Crippen molar-refractivity contribution in [3.63, 3.8) is 0 Å². The summed E-state index contributed by atoms with van der Waals surface area (Å²) in [6, 6.07) is 0. The smallest absolute Gasteiger partial charge is 1.00 e. The fraction of sp³-hybridized carbons (Fsp3) is 0. The maximum Gasteiger partial charge on any atom is 2.00 e. The largest absolute Gasteiger partial charge is 2.00 e. The molecule has 0 aliphatic rings. The Bertz CT molecular complexity index is 33.0. The molecule has 0 fully saturated rings. The molecule has 0 aromatic carbocycles. The summed E-state index contributed by atoms with van der Waals surface area (Å²) in [6.07, 6.45) is 1.25. The number of hydrogen-bond donors (Lipinski definition) is 1. The van der Waals surface area contributed by atoms with Crippen molar-refractivity contribution >= 4 is 48.9 Å². The number of hydrogen-bond acceptors (Lipinski definition) is 2. The van der Waals surface area contributed by atoms with Crippen LogP contribution in [-0.4, -0.2) is 48.9 Å². The molecule has 0 rings (SSSR count). The number of rotatable bonds is 0. The average Bonchev–Trinajstić information content (AvgIpc) is 0.918. The second-order valence-electron chi connectivity index (χ2n) is 0.129. The Morgan fingerprint density at radius 3 is 2.00 bits per heavy atom. The van der Waals surface area contributed by atoms with Crippen molar-refractivity contribution in [1.29, 1.82) is 5.26 Å². The third kappa shape index (κ3) is 13.4. The van der Waals surface area contributed by atoms with Gasteiger partial charge in [-0.1, -0.05) is 0 Å². The van der Waals surface area contributed by atoms with E-state index in [1.165, 1.54) is 6.19 Å². The van der Waals surface area contributed by atoms with Crippen LogP contribution in [0.1, 0.15) is 2.85 Å². The van der Waals surface area contributed by atoms with Crippen molar-refractivity contribution in [2.75, 3.05) is 0 Å². The molecule has 20 valence electrons. The van der Waals surface area contributed by atoms with Gasteiger partial charge in [0.1, 0.15) is 0 Å². The van der Waals surface area contributed by atoms with Gasteiger partial charge in [0.25, 0.3) is 0 Å². The molecule has 4 heavy (non-hydrogen) atoms. The first-order valence-corrected chi connectivity index (χ1v) is 0.512. The molecule has 0 aliphatic heterocycles. The zero-order chi connectivity index (χ0) is 2.71. The summed E-state index contributed by atoms with van der Waals surface area (Å²) in [5.41, 5.74) is 4.15. The van der Waals surface area contributed by atoms with Crippen LogP contribution in [0.2, 0.25) is 0 Å². The van der Waals surface area contributed by atoms with E-state index in [1.54, 1.807) is 0 Å². The molecule has 0 radical (unpaired) electrons. The standard InChI is InChI=1S/CH2N2.Ba.2H/c2-1-3;;;/h2H2;;;/q;+2;2*-1. The Labute approximate surface area is 68.0 Å². The summed E-state index contributed by atoms with van der Waals surface area (Å²) < 4.78 is 0. The zero-order valence-electron chi connectivity index (χ0n) is 4.23. The van der Waals surface area contributed by atoms with Gasteiger partial charge >= 0.3 is 48.9 Å². The third-order valence-corrected chi connectivity index (χ3v) is 0. The van der Waals surface area contributed by atoms with Crippen LogP contribution in [0.15, 0.2) is 0 Å². The number of nitrogens with two attached hydrogens (primary N) is 1. The summed E-state index contributed by atoms with van der Waals surface area (Å²) in [4.78, 5) is 0. The van der Waals surface area contributed by atoms with E-state index in [4.69, 9.17) is 5.26 Å². The van der Waals surface area contributed by atoms with E-state index in [0.717, 1.165) is 0 Å². The molecule has 0 spiro atoms. The van der Waals surface area contributed by atoms with Gasteiger partial charge in [-0.25, -0.2) is 0 Å². The van der Waals surface area contributed by atoms with Gasteiger partial charge in [-0.3, -0.25) is 0 Å². The van der Waals surface area contributed by atoms with Gasteiger partial charge in [-0.2, -0.15) is 5.26 Å². The fourth-order valence-electron chi connectivity index (χ4n) is 0. The van der Waals surface area contributed by atoms with Crippen LogP contribution in [-0.2, 0) is 0 Å². The van der Waals surface area contributed by atoms with Crippen molar-refractivity contribution in [1.82, 2.24) is 0 Å². The third-order valence-electron chi connectivity index (χ3n) is 0. The second-order valence-corrected chi connectivity index (χ2v) is 0.129. The molecule has 0 atom stereocenters.